The number of aromatic nitrogens is 2. The highest BCUT2D eigenvalue weighted by molar-refractivity contribution is 6.70. The fourth-order valence-corrected chi connectivity index (χ4v) is 2.69. The van der Waals surface area contributed by atoms with E-state index in [0.29, 0.717) is 0 Å². The van der Waals surface area contributed by atoms with Crippen LogP contribution in [0.5, 0.6) is 5.75 Å². The third-order valence-electron chi connectivity index (χ3n) is 2.74. The molecule has 1 aromatic heterocycles. The lowest BCUT2D eigenvalue weighted by Crippen LogP contribution is -2.29. The Balaban J connectivity index is 2.36. The van der Waals surface area contributed by atoms with E-state index >= 15 is 0 Å². The van der Waals surface area contributed by atoms with Gasteiger partial charge in [0.2, 0.25) is 8.32 Å². The first-order valence-corrected chi connectivity index (χ1v) is 10.4. The smallest absolute Gasteiger partial charge is 0.242 e. The van der Waals surface area contributed by atoms with Gasteiger partial charge in [0.1, 0.15) is 17.8 Å². The van der Waals surface area contributed by atoms with Crippen LogP contribution in [0.2, 0.25) is 19.6 Å². The average Bonchev–Trinajstić information content (AvgIpc) is 2.39. The van der Waals surface area contributed by atoms with Crippen molar-refractivity contribution >= 4 is 19.7 Å². The molecular formula is C16H21N3OSi. The van der Waals surface area contributed by atoms with Gasteiger partial charge in [-0.15, -0.1) is 0 Å². The van der Waals surface area contributed by atoms with Crippen molar-refractivity contribution in [2.75, 3.05) is 0 Å². The summed E-state index contributed by atoms with van der Waals surface area (Å²) < 4.78 is 6.09. The Labute approximate surface area is 127 Å². The molecule has 2 rings (SSSR count). The monoisotopic (exact) mass is 299 g/mol. The quantitative estimate of drug-likeness (QED) is 0.629. The molecule has 0 aliphatic carbocycles. The van der Waals surface area contributed by atoms with E-state index in [2.05, 4.69) is 34.6 Å². The highest BCUT2D eigenvalue weighted by Crippen LogP contribution is 2.29. The molecule has 0 N–H and O–H groups in total. The van der Waals surface area contributed by atoms with Gasteiger partial charge in [0, 0.05) is 5.69 Å². The van der Waals surface area contributed by atoms with E-state index in [1.54, 1.807) is 6.33 Å². The fraction of sp³-hybridized carbons (Fsp3) is 0.312. The Hall–Kier alpha value is -2.01. The van der Waals surface area contributed by atoms with Gasteiger partial charge in [-0.25, -0.2) is 15.0 Å². The minimum absolute atomic E-state index is 0.835. The fourth-order valence-electron chi connectivity index (χ4n) is 1.86. The zero-order chi connectivity index (χ0) is 15.5. The number of hydrogen-bond acceptors (Lipinski definition) is 4. The van der Waals surface area contributed by atoms with Crippen LogP contribution in [-0.4, -0.2) is 24.0 Å². The highest BCUT2D eigenvalue weighted by atomic mass is 28.4. The van der Waals surface area contributed by atoms with Crippen molar-refractivity contribution in [3.8, 4) is 5.75 Å². The molecule has 1 heterocycles. The summed E-state index contributed by atoms with van der Waals surface area (Å²) in [5, 5.41) is 0. The average molecular weight is 299 g/mol. The normalized spacial score (nSPS) is 12.3. The van der Waals surface area contributed by atoms with Crippen LogP contribution in [0.3, 0.4) is 0 Å². The minimum Gasteiger partial charge on any atom is -0.543 e. The van der Waals surface area contributed by atoms with Crippen LogP contribution in [0.4, 0.5) is 5.69 Å². The van der Waals surface area contributed by atoms with Gasteiger partial charge in [-0.2, -0.15) is 0 Å². The zero-order valence-electron chi connectivity index (χ0n) is 13.2. The summed E-state index contributed by atoms with van der Waals surface area (Å²) in [6.07, 6.45) is 1.56. The van der Waals surface area contributed by atoms with Gasteiger partial charge in [-0.1, -0.05) is 12.1 Å². The maximum Gasteiger partial charge on any atom is 0.242 e. The zero-order valence-corrected chi connectivity index (χ0v) is 14.2. The predicted octanol–water partition coefficient (Wildman–Crippen LogP) is 4.14. The van der Waals surface area contributed by atoms with Crippen LogP contribution in [0.1, 0.15) is 18.3 Å². The topological polar surface area (TPSA) is 47.4 Å². The maximum absolute atomic E-state index is 6.09. The first-order valence-electron chi connectivity index (χ1n) is 6.97. The molecule has 21 heavy (non-hydrogen) atoms. The number of rotatable bonds is 4. The Kier molecular flexibility index (Phi) is 4.52. The lowest BCUT2D eigenvalue weighted by molar-refractivity contribution is 0.559. The van der Waals surface area contributed by atoms with Gasteiger partial charge in [0.15, 0.2) is 0 Å². The molecule has 2 aromatic rings. The first kappa shape index (κ1) is 15.4. The molecule has 4 nitrogen and oxygen atoms in total. The Bertz CT molecular complexity index is 663. The van der Waals surface area contributed by atoms with Gasteiger partial charge in [-0.05, 0) is 51.7 Å². The van der Waals surface area contributed by atoms with Gasteiger partial charge < -0.3 is 4.43 Å². The summed E-state index contributed by atoms with van der Waals surface area (Å²) >= 11 is 0. The van der Waals surface area contributed by atoms with Crippen molar-refractivity contribution in [3.05, 3.63) is 48.0 Å². The highest BCUT2D eigenvalue weighted by Gasteiger charge is 2.18. The second kappa shape index (κ2) is 6.18. The third kappa shape index (κ3) is 4.49. The first-order chi connectivity index (χ1) is 9.85. The van der Waals surface area contributed by atoms with Gasteiger partial charge >= 0.3 is 0 Å². The molecule has 0 aliphatic heterocycles. The molecule has 0 saturated heterocycles. The van der Waals surface area contributed by atoms with Crippen LogP contribution < -0.4 is 4.43 Å². The van der Waals surface area contributed by atoms with E-state index in [-0.39, 0.29) is 0 Å². The molecule has 0 spiro atoms. The number of benzene rings is 1. The molecule has 0 bridgehead atoms. The molecular weight excluding hydrogens is 278 g/mol. The number of hydrogen-bond donors (Lipinski definition) is 0. The summed E-state index contributed by atoms with van der Waals surface area (Å²) in [4.78, 5) is 13.1. The van der Waals surface area contributed by atoms with Crippen molar-refractivity contribution < 1.29 is 4.43 Å². The van der Waals surface area contributed by atoms with Crippen LogP contribution in [0, 0.1) is 6.92 Å². The molecule has 0 amide bonds. The Morgan fingerprint density at radius 1 is 1.14 bits per heavy atom. The van der Waals surface area contributed by atoms with Crippen LogP contribution in [-0.2, 0) is 0 Å². The van der Waals surface area contributed by atoms with Crippen LogP contribution in [0.15, 0.2) is 41.7 Å². The molecule has 0 fully saturated rings. The number of aryl methyl sites for hydroxylation is 1. The van der Waals surface area contributed by atoms with Crippen LogP contribution >= 0.6 is 0 Å². The summed E-state index contributed by atoms with van der Waals surface area (Å²) in [6.45, 7) is 10.4. The standard InChI is InChI=1S/C16H21N3OSi/c1-12-10-15(18-11-17-12)13(2)19-14-8-6-7-9-16(14)20-21(3,4)5/h6-11H,1-5H3. The summed E-state index contributed by atoms with van der Waals surface area (Å²) in [5.41, 5.74) is 3.47. The maximum atomic E-state index is 6.09. The Morgan fingerprint density at radius 3 is 2.52 bits per heavy atom. The second-order valence-corrected chi connectivity index (χ2v) is 10.4. The molecule has 0 unspecified atom stereocenters. The van der Waals surface area contributed by atoms with Crippen molar-refractivity contribution in [1.82, 2.24) is 9.97 Å². The molecule has 1 aromatic carbocycles. The molecule has 110 valence electrons. The Morgan fingerprint density at radius 2 is 1.86 bits per heavy atom. The van der Waals surface area contributed by atoms with Gasteiger partial charge in [0.25, 0.3) is 0 Å². The molecule has 0 saturated carbocycles. The molecule has 0 aliphatic rings. The van der Waals surface area contributed by atoms with Crippen molar-refractivity contribution in [3.63, 3.8) is 0 Å². The van der Waals surface area contributed by atoms with Gasteiger partial charge in [-0.3, -0.25) is 0 Å². The largest absolute Gasteiger partial charge is 0.543 e. The summed E-state index contributed by atoms with van der Waals surface area (Å²) in [7, 11) is -1.66. The van der Waals surface area contributed by atoms with Gasteiger partial charge in [0.05, 0.1) is 11.4 Å². The number of nitrogens with zero attached hydrogens (tertiary/aromatic N) is 3. The SMILES string of the molecule is CC(=Nc1ccccc1O[Si](C)(C)C)c1cc(C)ncn1. The predicted molar refractivity (Wildman–Crippen MR) is 89.1 cm³/mol. The summed E-state index contributed by atoms with van der Waals surface area (Å²) in [5.74, 6) is 0.835. The van der Waals surface area contributed by atoms with E-state index < -0.39 is 8.32 Å². The van der Waals surface area contributed by atoms with E-state index in [0.717, 1.165) is 28.5 Å². The van der Waals surface area contributed by atoms with E-state index in [1.807, 2.05) is 44.2 Å². The van der Waals surface area contributed by atoms with Crippen molar-refractivity contribution in [1.29, 1.82) is 0 Å². The van der Waals surface area contributed by atoms with E-state index in [1.165, 1.54) is 0 Å². The van der Waals surface area contributed by atoms with E-state index in [4.69, 9.17) is 4.43 Å². The van der Waals surface area contributed by atoms with E-state index in [9.17, 15) is 0 Å². The number of aliphatic imine (C=N–C) groups is 1. The van der Waals surface area contributed by atoms with Crippen molar-refractivity contribution in [2.24, 2.45) is 4.99 Å². The number of para-hydroxylation sites is 2. The molecule has 0 atom stereocenters. The lowest BCUT2D eigenvalue weighted by atomic mass is 10.2. The third-order valence-corrected chi connectivity index (χ3v) is 3.58. The molecule has 5 heteroatoms. The van der Waals surface area contributed by atoms with Crippen LogP contribution in [0.25, 0.3) is 0 Å². The second-order valence-electron chi connectivity index (χ2n) is 5.92. The minimum atomic E-state index is -1.66. The lowest BCUT2D eigenvalue weighted by Gasteiger charge is -2.20. The summed E-state index contributed by atoms with van der Waals surface area (Å²) in [6, 6.07) is 9.80. The molecule has 0 radical (unpaired) electrons. The van der Waals surface area contributed by atoms with Crippen molar-refractivity contribution in [2.45, 2.75) is 33.5 Å².